The second kappa shape index (κ2) is 5.39. The van der Waals surface area contributed by atoms with Crippen molar-refractivity contribution in [3.8, 4) is 0 Å². The van der Waals surface area contributed by atoms with Crippen LogP contribution in [-0.2, 0) is 13.8 Å². The van der Waals surface area contributed by atoms with Crippen molar-refractivity contribution in [1.82, 2.24) is 0 Å². The van der Waals surface area contributed by atoms with Gasteiger partial charge >= 0.3 is 0 Å². The van der Waals surface area contributed by atoms with Crippen LogP contribution in [-0.4, -0.2) is 24.6 Å². The summed E-state index contributed by atoms with van der Waals surface area (Å²) in [5, 5.41) is 0. The predicted octanol–water partition coefficient (Wildman–Crippen LogP) is 2.67. The molecule has 0 spiro atoms. The first-order valence-electron chi connectivity index (χ1n) is 3.07. The minimum Gasteiger partial charge on any atom is -0.374 e. The molecule has 3 nitrogen and oxygen atoms in total. The van der Waals surface area contributed by atoms with E-state index in [2.05, 4.69) is 4.74 Å². The van der Waals surface area contributed by atoms with Crippen molar-refractivity contribution in [2.75, 3.05) is 20.1 Å². The van der Waals surface area contributed by atoms with E-state index < -0.39 is 11.9 Å². The molecule has 11 heavy (non-hydrogen) atoms. The van der Waals surface area contributed by atoms with E-state index in [1.807, 2.05) is 0 Å². The fourth-order valence-electron chi connectivity index (χ4n) is 0.548. The lowest BCUT2D eigenvalue weighted by Gasteiger charge is -2.16. The fraction of sp³-hybridized carbons (Fsp3) is 1.00. The third kappa shape index (κ3) is 3.77. The fourth-order valence-corrected chi connectivity index (χ4v) is 2.32. The molecule has 68 valence electrons. The Morgan fingerprint density at radius 3 is 2.36 bits per heavy atom. The Bertz CT molecular complexity index is 141. The zero-order valence-electron chi connectivity index (χ0n) is 6.42. The summed E-state index contributed by atoms with van der Waals surface area (Å²) in [5.41, 5.74) is 0. The average Bonchev–Trinajstić information content (AvgIpc) is 1.88. The molecule has 0 aliphatic rings. The van der Waals surface area contributed by atoms with Crippen LogP contribution in [0.25, 0.3) is 0 Å². The molecule has 0 aromatic carbocycles. The molecule has 0 aliphatic carbocycles. The van der Waals surface area contributed by atoms with Crippen LogP contribution in [0.5, 0.6) is 0 Å². The van der Waals surface area contributed by atoms with E-state index in [0.717, 1.165) is 0 Å². The van der Waals surface area contributed by atoms with Crippen LogP contribution in [0.2, 0.25) is 0 Å². The van der Waals surface area contributed by atoms with Gasteiger partial charge in [-0.05, 0) is 6.92 Å². The third-order valence-electron chi connectivity index (χ3n) is 0.954. The van der Waals surface area contributed by atoms with Gasteiger partial charge in [-0.1, -0.05) is 23.2 Å². The lowest BCUT2D eigenvalue weighted by molar-refractivity contribution is 0.223. The molecule has 0 aromatic rings. The average molecular weight is 221 g/mol. The van der Waals surface area contributed by atoms with Gasteiger partial charge in [0.25, 0.3) is 7.37 Å². The topological polar surface area (TPSA) is 35.5 Å². The molecular weight excluding hydrogens is 210 g/mol. The standard InChI is InChI=1S/C5H11Cl2O3P/c1-3-10-11(8,4-9-2)5(6)7/h5H,3-4H2,1-2H3. The Kier molecular flexibility index (Phi) is 5.75. The maximum atomic E-state index is 11.5. The summed E-state index contributed by atoms with van der Waals surface area (Å²) in [7, 11) is -1.56. The largest absolute Gasteiger partial charge is 0.374 e. The summed E-state index contributed by atoms with van der Waals surface area (Å²) in [5.74, 6) is 0. The SMILES string of the molecule is CCOP(=O)(COC)C(Cl)Cl. The summed E-state index contributed by atoms with van der Waals surface area (Å²) in [4.78, 5) is 0. The number of rotatable bonds is 5. The molecule has 0 bridgehead atoms. The van der Waals surface area contributed by atoms with E-state index in [9.17, 15) is 4.57 Å². The smallest absolute Gasteiger partial charge is 0.259 e. The lowest BCUT2D eigenvalue weighted by Crippen LogP contribution is -2.03. The van der Waals surface area contributed by atoms with Gasteiger partial charge in [0.05, 0.1) is 6.61 Å². The van der Waals surface area contributed by atoms with Crippen molar-refractivity contribution in [3.63, 3.8) is 0 Å². The summed E-state index contributed by atoms with van der Waals surface area (Å²) < 4.78 is 20.1. The van der Waals surface area contributed by atoms with Gasteiger partial charge in [-0.25, -0.2) is 0 Å². The predicted molar refractivity (Wildman–Crippen MR) is 46.6 cm³/mol. The number of methoxy groups -OCH3 is 1. The Balaban J connectivity index is 4.14. The van der Waals surface area contributed by atoms with Crippen LogP contribution in [0, 0.1) is 0 Å². The van der Waals surface area contributed by atoms with E-state index in [1.165, 1.54) is 7.11 Å². The van der Waals surface area contributed by atoms with Crippen molar-refractivity contribution in [2.45, 2.75) is 11.5 Å². The molecule has 1 atom stereocenters. The molecule has 1 unspecified atom stereocenters. The first-order valence-corrected chi connectivity index (χ1v) is 5.82. The third-order valence-corrected chi connectivity index (χ3v) is 4.65. The molecule has 0 fully saturated rings. The van der Waals surface area contributed by atoms with E-state index in [1.54, 1.807) is 6.92 Å². The van der Waals surface area contributed by atoms with Crippen molar-refractivity contribution in [3.05, 3.63) is 0 Å². The summed E-state index contributed by atoms with van der Waals surface area (Å²) in [6.07, 6.45) is -0.0431. The second-order valence-electron chi connectivity index (χ2n) is 1.84. The highest BCUT2D eigenvalue weighted by Gasteiger charge is 2.30. The Hall–Kier alpha value is 0.730. The molecule has 0 radical (unpaired) electrons. The molecule has 0 aromatic heterocycles. The maximum absolute atomic E-state index is 11.5. The molecule has 6 heteroatoms. The summed E-state index contributed by atoms with van der Waals surface area (Å²) >= 11 is 10.9. The highest BCUT2D eigenvalue weighted by molar-refractivity contribution is 7.63. The maximum Gasteiger partial charge on any atom is 0.259 e. The highest BCUT2D eigenvalue weighted by Crippen LogP contribution is 2.55. The minimum atomic E-state index is -2.98. The van der Waals surface area contributed by atoms with Gasteiger partial charge in [-0.3, -0.25) is 4.57 Å². The van der Waals surface area contributed by atoms with Crippen LogP contribution < -0.4 is 0 Å². The molecular formula is C5H11Cl2O3P. The Morgan fingerprint density at radius 2 is 2.09 bits per heavy atom. The van der Waals surface area contributed by atoms with Gasteiger partial charge in [-0.15, -0.1) is 0 Å². The van der Waals surface area contributed by atoms with E-state index in [4.69, 9.17) is 27.7 Å². The van der Waals surface area contributed by atoms with Gasteiger partial charge in [0, 0.05) is 7.11 Å². The van der Waals surface area contributed by atoms with Crippen LogP contribution in [0.1, 0.15) is 6.92 Å². The van der Waals surface area contributed by atoms with E-state index >= 15 is 0 Å². The number of alkyl halides is 2. The Labute approximate surface area is 76.4 Å². The van der Waals surface area contributed by atoms with Gasteiger partial charge in [0.2, 0.25) is 0 Å². The minimum absolute atomic E-state index is 0.0431. The van der Waals surface area contributed by atoms with Crippen LogP contribution >= 0.6 is 30.6 Å². The second-order valence-corrected chi connectivity index (χ2v) is 6.03. The zero-order chi connectivity index (χ0) is 8.91. The van der Waals surface area contributed by atoms with Crippen molar-refractivity contribution < 1.29 is 13.8 Å². The molecule has 0 saturated carbocycles. The van der Waals surface area contributed by atoms with Crippen molar-refractivity contribution in [1.29, 1.82) is 0 Å². The van der Waals surface area contributed by atoms with Gasteiger partial charge in [0.1, 0.15) is 6.35 Å². The van der Waals surface area contributed by atoms with Crippen molar-refractivity contribution >= 4 is 30.6 Å². The quantitative estimate of drug-likeness (QED) is 0.528. The van der Waals surface area contributed by atoms with E-state index in [-0.39, 0.29) is 6.35 Å². The first kappa shape index (κ1) is 11.7. The molecule has 0 aliphatic heterocycles. The molecule has 0 heterocycles. The summed E-state index contributed by atoms with van der Waals surface area (Å²) in [6.45, 7) is 2.04. The lowest BCUT2D eigenvalue weighted by atomic mass is 10.9. The molecule has 0 amide bonds. The molecule has 0 rings (SSSR count). The van der Waals surface area contributed by atoms with Crippen LogP contribution in [0.15, 0.2) is 0 Å². The van der Waals surface area contributed by atoms with Crippen LogP contribution in [0.4, 0.5) is 0 Å². The normalized spacial score (nSPS) is 16.8. The molecule has 0 saturated heterocycles. The van der Waals surface area contributed by atoms with Gasteiger partial charge < -0.3 is 9.26 Å². The van der Waals surface area contributed by atoms with Gasteiger partial charge in [-0.2, -0.15) is 0 Å². The monoisotopic (exact) mass is 220 g/mol. The Morgan fingerprint density at radius 1 is 1.55 bits per heavy atom. The number of hydrogen-bond acceptors (Lipinski definition) is 3. The number of halogens is 2. The van der Waals surface area contributed by atoms with Crippen molar-refractivity contribution in [2.24, 2.45) is 0 Å². The van der Waals surface area contributed by atoms with Crippen LogP contribution in [0.3, 0.4) is 0 Å². The summed E-state index contributed by atoms with van der Waals surface area (Å²) in [6, 6.07) is 0. The highest BCUT2D eigenvalue weighted by atomic mass is 35.5. The number of hydrogen-bond donors (Lipinski definition) is 0. The number of ether oxygens (including phenoxy) is 1. The first-order chi connectivity index (χ1) is 5.06. The zero-order valence-corrected chi connectivity index (χ0v) is 8.83. The van der Waals surface area contributed by atoms with Gasteiger partial charge in [0.15, 0.2) is 4.58 Å². The van der Waals surface area contributed by atoms with E-state index in [0.29, 0.717) is 6.61 Å². The molecule has 0 N–H and O–H groups in total.